The van der Waals surface area contributed by atoms with Crippen LogP contribution in [-0.4, -0.2) is 22.6 Å². The van der Waals surface area contributed by atoms with Crippen molar-refractivity contribution >= 4 is 58.0 Å². The van der Waals surface area contributed by atoms with Crippen LogP contribution in [0.15, 0.2) is 89.9 Å². The van der Waals surface area contributed by atoms with E-state index in [2.05, 4.69) is 22.0 Å². The van der Waals surface area contributed by atoms with Crippen LogP contribution >= 0.6 is 35.6 Å². The van der Waals surface area contributed by atoms with Crippen molar-refractivity contribution in [3.05, 3.63) is 100 Å². The Balaban J connectivity index is 0.00000274. The van der Waals surface area contributed by atoms with Gasteiger partial charge in [-0.1, -0.05) is 35.3 Å². The van der Waals surface area contributed by atoms with Crippen molar-refractivity contribution in [3.8, 4) is 17.1 Å². The van der Waals surface area contributed by atoms with Gasteiger partial charge >= 0.3 is 0 Å². The number of hydrogen-bond acceptors (Lipinski definition) is 4. The van der Waals surface area contributed by atoms with E-state index < -0.39 is 0 Å². The summed E-state index contributed by atoms with van der Waals surface area (Å²) >= 11 is 12.2. The Morgan fingerprint density at radius 2 is 1.56 bits per heavy atom. The van der Waals surface area contributed by atoms with Crippen LogP contribution in [0, 0.1) is 0 Å². The second-order valence-corrected chi connectivity index (χ2v) is 8.45. The SMILES string of the molecule is Cl.NCCN=c1cc2n(-c3ccc(Cl)cc3)c3ccccc3nc-2cc1Nc1ccc(Cl)cc1. The first-order chi connectivity index (χ1) is 16.1. The standard InChI is InChI=1S/C26H21Cl2N5.ClH/c27-17-5-9-19(10-6-17)31-23-15-24-26(16-22(23)30-14-13-29)33(20-11-7-18(28)8-12-20)25-4-2-1-3-21(25)32-24;/h1-12,15-16,31H,13-14,29H2;1H. The molecule has 8 heteroatoms. The summed E-state index contributed by atoms with van der Waals surface area (Å²) in [7, 11) is 0. The minimum atomic E-state index is 0. The molecule has 5 nitrogen and oxygen atoms in total. The van der Waals surface area contributed by atoms with Gasteiger partial charge in [-0.05, 0) is 72.8 Å². The van der Waals surface area contributed by atoms with Gasteiger partial charge < -0.3 is 15.6 Å². The number of fused-ring (bicyclic) bond motifs is 2. The summed E-state index contributed by atoms with van der Waals surface area (Å²) in [5.41, 5.74) is 12.2. The molecule has 3 N–H and O–H groups in total. The highest BCUT2D eigenvalue weighted by Crippen LogP contribution is 2.31. The predicted octanol–water partition coefficient (Wildman–Crippen LogP) is 6.46. The van der Waals surface area contributed by atoms with Gasteiger partial charge in [0, 0.05) is 28.0 Å². The zero-order chi connectivity index (χ0) is 22.8. The number of para-hydroxylation sites is 2. The molecule has 34 heavy (non-hydrogen) atoms. The molecule has 0 fully saturated rings. The lowest BCUT2D eigenvalue weighted by Gasteiger charge is -2.20. The molecule has 0 unspecified atom stereocenters. The lowest BCUT2D eigenvalue weighted by molar-refractivity contribution is 0.941. The third-order valence-corrected chi connectivity index (χ3v) is 5.82. The topological polar surface area (TPSA) is 68.2 Å². The number of halogens is 3. The monoisotopic (exact) mass is 509 g/mol. The number of aromatic nitrogens is 2. The molecule has 1 heterocycles. The summed E-state index contributed by atoms with van der Waals surface area (Å²) in [6, 6.07) is 27.5. The number of benzene rings is 4. The molecule has 3 aromatic carbocycles. The Bertz CT molecular complexity index is 1460. The smallest absolute Gasteiger partial charge is 0.0900 e. The summed E-state index contributed by atoms with van der Waals surface area (Å²) in [5, 5.41) is 5.64. The molecule has 0 saturated carbocycles. The van der Waals surface area contributed by atoms with Gasteiger partial charge in [-0.3, -0.25) is 4.99 Å². The number of nitrogens with one attached hydrogen (secondary N) is 1. The average molecular weight is 511 g/mol. The Morgan fingerprint density at radius 1 is 0.882 bits per heavy atom. The van der Waals surface area contributed by atoms with Crippen LogP contribution in [0.5, 0.6) is 0 Å². The number of nitrogens with two attached hydrogens (primary N) is 1. The molecule has 0 amide bonds. The minimum absolute atomic E-state index is 0. The van der Waals surface area contributed by atoms with Gasteiger partial charge in [0.05, 0.1) is 40.0 Å². The quantitative estimate of drug-likeness (QED) is 0.267. The van der Waals surface area contributed by atoms with Crippen molar-refractivity contribution in [2.45, 2.75) is 0 Å². The fourth-order valence-corrected chi connectivity index (χ4v) is 4.07. The summed E-state index contributed by atoms with van der Waals surface area (Å²) in [6.07, 6.45) is 0. The molecule has 0 bridgehead atoms. The van der Waals surface area contributed by atoms with E-state index in [0.29, 0.717) is 23.1 Å². The first-order valence-electron chi connectivity index (χ1n) is 10.6. The molecule has 0 aromatic heterocycles. The van der Waals surface area contributed by atoms with Crippen molar-refractivity contribution in [1.82, 2.24) is 9.55 Å². The van der Waals surface area contributed by atoms with Gasteiger partial charge in [-0.15, -0.1) is 12.4 Å². The molecule has 172 valence electrons. The van der Waals surface area contributed by atoms with Crippen molar-refractivity contribution in [2.24, 2.45) is 10.7 Å². The van der Waals surface area contributed by atoms with Crippen LogP contribution in [0.1, 0.15) is 0 Å². The average Bonchev–Trinajstić information content (AvgIpc) is 2.83. The Kier molecular flexibility index (Phi) is 7.39. The lowest BCUT2D eigenvalue weighted by atomic mass is 10.1. The maximum absolute atomic E-state index is 6.16. The predicted molar refractivity (Wildman–Crippen MR) is 144 cm³/mol. The summed E-state index contributed by atoms with van der Waals surface area (Å²) in [6.45, 7) is 0.980. The van der Waals surface area contributed by atoms with Gasteiger partial charge in [0.15, 0.2) is 0 Å². The van der Waals surface area contributed by atoms with Crippen molar-refractivity contribution in [2.75, 3.05) is 18.4 Å². The van der Waals surface area contributed by atoms with E-state index in [-0.39, 0.29) is 12.4 Å². The fraction of sp³-hybridized carbons (Fsp3) is 0.0769. The highest BCUT2D eigenvalue weighted by molar-refractivity contribution is 6.30. The molecule has 1 aliphatic heterocycles. The summed E-state index contributed by atoms with van der Waals surface area (Å²) in [5.74, 6) is 0. The van der Waals surface area contributed by atoms with E-state index >= 15 is 0 Å². The number of nitrogens with zero attached hydrogens (tertiary/aromatic N) is 3. The van der Waals surface area contributed by atoms with Gasteiger partial charge in [-0.25, -0.2) is 4.98 Å². The second-order valence-electron chi connectivity index (χ2n) is 7.57. The van der Waals surface area contributed by atoms with Crippen LogP contribution < -0.4 is 16.4 Å². The molecule has 0 atom stereocenters. The zero-order valence-electron chi connectivity index (χ0n) is 18.1. The minimum Gasteiger partial charge on any atom is -0.354 e. The number of anilines is 2. The Morgan fingerprint density at radius 3 is 2.26 bits per heavy atom. The van der Waals surface area contributed by atoms with E-state index in [1.165, 1.54) is 0 Å². The third kappa shape index (κ3) is 4.88. The van der Waals surface area contributed by atoms with E-state index in [9.17, 15) is 0 Å². The largest absolute Gasteiger partial charge is 0.354 e. The zero-order valence-corrected chi connectivity index (χ0v) is 20.4. The van der Waals surface area contributed by atoms with Crippen LogP contribution in [0.2, 0.25) is 10.0 Å². The van der Waals surface area contributed by atoms with E-state index in [0.717, 1.165) is 44.8 Å². The molecule has 3 aromatic rings. The van der Waals surface area contributed by atoms with Crippen LogP contribution in [0.25, 0.3) is 28.1 Å². The molecule has 0 spiro atoms. The van der Waals surface area contributed by atoms with Gasteiger partial charge in [0.2, 0.25) is 0 Å². The molecule has 5 rings (SSSR count). The Labute approximate surface area is 213 Å². The van der Waals surface area contributed by atoms with Gasteiger partial charge in [-0.2, -0.15) is 0 Å². The third-order valence-electron chi connectivity index (χ3n) is 5.32. The Hall–Kier alpha value is -3.09. The van der Waals surface area contributed by atoms with E-state index in [1.807, 2.05) is 72.8 Å². The molecule has 1 aliphatic carbocycles. The maximum atomic E-state index is 6.16. The van der Waals surface area contributed by atoms with Gasteiger partial charge in [0.25, 0.3) is 0 Å². The fourth-order valence-electron chi connectivity index (χ4n) is 3.81. The maximum Gasteiger partial charge on any atom is 0.0900 e. The number of rotatable bonds is 5. The van der Waals surface area contributed by atoms with E-state index in [1.54, 1.807) is 0 Å². The van der Waals surface area contributed by atoms with Crippen LogP contribution in [0.3, 0.4) is 0 Å². The van der Waals surface area contributed by atoms with Crippen molar-refractivity contribution in [3.63, 3.8) is 0 Å². The van der Waals surface area contributed by atoms with Gasteiger partial charge in [0.1, 0.15) is 0 Å². The second kappa shape index (κ2) is 10.5. The molecular weight excluding hydrogens is 489 g/mol. The highest BCUT2D eigenvalue weighted by Gasteiger charge is 2.16. The molecule has 0 radical (unpaired) electrons. The van der Waals surface area contributed by atoms with Crippen LogP contribution in [0.4, 0.5) is 11.4 Å². The first-order valence-corrected chi connectivity index (χ1v) is 11.3. The lowest BCUT2D eigenvalue weighted by Crippen LogP contribution is -2.16. The normalized spacial score (nSPS) is 11.6. The van der Waals surface area contributed by atoms with Crippen molar-refractivity contribution in [1.29, 1.82) is 0 Å². The molecule has 2 aliphatic rings. The van der Waals surface area contributed by atoms with E-state index in [4.69, 9.17) is 38.9 Å². The molecule has 0 saturated heterocycles. The van der Waals surface area contributed by atoms with Crippen molar-refractivity contribution < 1.29 is 0 Å². The molecular formula is C26H22Cl3N5. The summed E-state index contributed by atoms with van der Waals surface area (Å²) in [4.78, 5) is 9.69. The number of hydrogen-bond donors (Lipinski definition) is 2. The van der Waals surface area contributed by atoms with Crippen LogP contribution in [-0.2, 0) is 0 Å². The first kappa shape index (κ1) is 24.0. The highest BCUT2D eigenvalue weighted by atomic mass is 35.5. The summed E-state index contributed by atoms with van der Waals surface area (Å²) < 4.78 is 2.18.